The molecular weight excluding hydrogens is 326 g/mol. The van der Waals surface area contributed by atoms with Crippen molar-refractivity contribution in [3.8, 4) is 6.07 Å². The average Bonchev–Trinajstić information content (AvgIpc) is 2.55. The average molecular weight is 341 g/mol. The van der Waals surface area contributed by atoms with Crippen LogP contribution in [0.1, 0.15) is 28.0 Å². The van der Waals surface area contributed by atoms with Crippen molar-refractivity contribution < 1.29 is 14.7 Å². The number of hydrogen-bond acceptors (Lipinski definition) is 5. The van der Waals surface area contributed by atoms with E-state index in [-0.39, 0.29) is 17.9 Å². The molecule has 1 aromatic carbocycles. The number of carboxylic acids is 1. The lowest BCUT2D eigenvalue weighted by Gasteiger charge is -2.07. The fourth-order valence-corrected chi connectivity index (χ4v) is 2.88. The maximum absolute atomic E-state index is 11.9. The molecule has 7 heteroatoms. The van der Waals surface area contributed by atoms with Crippen LogP contribution in [0.15, 0.2) is 41.4 Å². The second-order valence-corrected chi connectivity index (χ2v) is 6.03. The number of benzene rings is 1. The molecule has 1 heterocycles. The van der Waals surface area contributed by atoms with E-state index in [4.69, 9.17) is 10.4 Å². The summed E-state index contributed by atoms with van der Waals surface area (Å²) in [5, 5.41) is 21.3. The molecule has 0 spiro atoms. The molecule has 1 amide bonds. The quantitative estimate of drug-likeness (QED) is 0.783. The SMILES string of the molecule is Cc1ccc(C#N)c(SCCC(=O)Nc2cccc(C(=O)O)c2)n1. The number of anilines is 1. The summed E-state index contributed by atoms with van der Waals surface area (Å²) >= 11 is 1.34. The summed E-state index contributed by atoms with van der Waals surface area (Å²) in [4.78, 5) is 27.2. The Hall–Kier alpha value is -2.85. The highest BCUT2D eigenvalue weighted by Crippen LogP contribution is 2.21. The van der Waals surface area contributed by atoms with E-state index in [0.29, 0.717) is 22.0 Å². The van der Waals surface area contributed by atoms with E-state index in [0.717, 1.165) is 5.69 Å². The number of aryl methyl sites for hydroxylation is 1. The van der Waals surface area contributed by atoms with Crippen LogP contribution in [0.3, 0.4) is 0 Å². The maximum Gasteiger partial charge on any atom is 0.335 e. The van der Waals surface area contributed by atoms with Gasteiger partial charge in [-0.15, -0.1) is 11.8 Å². The van der Waals surface area contributed by atoms with Gasteiger partial charge in [-0.05, 0) is 37.3 Å². The third-order valence-electron chi connectivity index (χ3n) is 3.08. The molecule has 0 bridgehead atoms. The number of nitrogens with one attached hydrogen (secondary N) is 1. The summed E-state index contributed by atoms with van der Waals surface area (Å²) in [7, 11) is 0. The van der Waals surface area contributed by atoms with E-state index in [1.54, 1.807) is 24.3 Å². The lowest BCUT2D eigenvalue weighted by molar-refractivity contribution is -0.115. The van der Waals surface area contributed by atoms with Crippen molar-refractivity contribution in [2.24, 2.45) is 0 Å². The van der Waals surface area contributed by atoms with Crippen LogP contribution in [0.5, 0.6) is 0 Å². The summed E-state index contributed by atoms with van der Waals surface area (Å²) < 4.78 is 0. The van der Waals surface area contributed by atoms with Gasteiger partial charge in [0.15, 0.2) is 0 Å². The molecule has 0 aliphatic rings. The molecule has 2 aromatic rings. The van der Waals surface area contributed by atoms with E-state index in [9.17, 15) is 9.59 Å². The van der Waals surface area contributed by atoms with Crippen LogP contribution < -0.4 is 5.32 Å². The third kappa shape index (κ3) is 4.83. The summed E-state index contributed by atoms with van der Waals surface area (Å²) in [5.74, 6) is -0.803. The number of aromatic carboxylic acids is 1. The Morgan fingerprint density at radius 2 is 2.12 bits per heavy atom. The van der Waals surface area contributed by atoms with Crippen molar-refractivity contribution >= 4 is 29.3 Å². The number of carbonyl (C=O) groups is 2. The minimum absolute atomic E-state index is 0.116. The predicted octanol–water partition coefficient (Wildman–Crippen LogP) is 3.08. The number of amides is 1. The molecule has 6 nitrogen and oxygen atoms in total. The van der Waals surface area contributed by atoms with Crippen LogP contribution in [0.25, 0.3) is 0 Å². The molecule has 0 saturated heterocycles. The first-order valence-electron chi connectivity index (χ1n) is 7.13. The summed E-state index contributed by atoms with van der Waals surface area (Å²) in [6.07, 6.45) is 0.225. The van der Waals surface area contributed by atoms with Gasteiger partial charge in [0.05, 0.1) is 11.1 Å². The molecule has 0 atom stereocenters. The van der Waals surface area contributed by atoms with Gasteiger partial charge in [0.1, 0.15) is 11.1 Å². The van der Waals surface area contributed by atoms with Gasteiger partial charge in [0, 0.05) is 23.6 Å². The molecule has 0 aliphatic carbocycles. The van der Waals surface area contributed by atoms with Crippen LogP contribution in [-0.2, 0) is 4.79 Å². The largest absolute Gasteiger partial charge is 0.478 e. The lowest BCUT2D eigenvalue weighted by atomic mass is 10.2. The van der Waals surface area contributed by atoms with Crippen molar-refractivity contribution in [3.05, 3.63) is 53.2 Å². The van der Waals surface area contributed by atoms with E-state index in [1.807, 2.05) is 6.92 Å². The predicted molar refractivity (Wildman–Crippen MR) is 91.1 cm³/mol. The highest BCUT2D eigenvalue weighted by Gasteiger charge is 2.09. The summed E-state index contributed by atoms with van der Waals surface area (Å²) in [6, 6.07) is 11.6. The Balaban J connectivity index is 1.90. The first kappa shape index (κ1) is 17.5. The number of aromatic nitrogens is 1. The standard InChI is InChI=1S/C17H15N3O3S/c1-11-5-6-13(10-18)16(19-11)24-8-7-15(21)20-14-4-2-3-12(9-14)17(22)23/h2-6,9H,7-8H2,1H3,(H,20,21)(H,22,23). The second-order valence-electron chi connectivity index (χ2n) is 4.95. The molecule has 1 aromatic heterocycles. The normalized spacial score (nSPS) is 10.0. The van der Waals surface area contributed by atoms with E-state index in [1.165, 1.54) is 23.9 Å². The van der Waals surface area contributed by atoms with E-state index >= 15 is 0 Å². The van der Waals surface area contributed by atoms with Gasteiger partial charge in [0.25, 0.3) is 0 Å². The van der Waals surface area contributed by atoms with Gasteiger partial charge < -0.3 is 10.4 Å². The first-order valence-corrected chi connectivity index (χ1v) is 8.12. The zero-order valence-electron chi connectivity index (χ0n) is 12.9. The molecule has 0 fully saturated rings. The van der Waals surface area contributed by atoms with Crippen LogP contribution in [0, 0.1) is 18.3 Å². The number of rotatable bonds is 6. The van der Waals surface area contributed by atoms with Crippen molar-refractivity contribution in [2.75, 3.05) is 11.1 Å². The Bertz CT molecular complexity index is 815. The Labute approximate surface area is 143 Å². The summed E-state index contributed by atoms with van der Waals surface area (Å²) in [6.45, 7) is 1.84. The maximum atomic E-state index is 11.9. The number of hydrogen-bond donors (Lipinski definition) is 2. The van der Waals surface area contributed by atoms with Gasteiger partial charge in [-0.1, -0.05) is 6.07 Å². The molecule has 2 N–H and O–H groups in total. The van der Waals surface area contributed by atoms with Gasteiger partial charge in [-0.3, -0.25) is 4.79 Å². The van der Waals surface area contributed by atoms with E-state index < -0.39 is 5.97 Å². The lowest BCUT2D eigenvalue weighted by Crippen LogP contribution is -2.12. The Kier molecular flexibility index (Phi) is 5.93. The zero-order chi connectivity index (χ0) is 17.5. The molecule has 0 saturated carbocycles. The van der Waals surface area contributed by atoms with Gasteiger partial charge in [-0.2, -0.15) is 5.26 Å². The first-order chi connectivity index (χ1) is 11.5. The van der Waals surface area contributed by atoms with Crippen LogP contribution >= 0.6 is 11.8 Å². The van der Waals surface area contributed by atoms with Crippen LogP contribution in [-0.4, -0.2) is 27.7 Å². The molecule has 2 rings (SSSR count). The zero-order valence-corrected chi connectivity index (χ0v) is 13.8. The molecule has 24 heavy (non-hydrogen) atoms. The minimum Gasteiger partial charge on any atom is -0.478 e. The smallest absolute Gasteiger partial charge is 0.335 e. The second kappa shape index (κ2) is 8.13. The molecule has 122 valence electrons. The highest BCUT2D eigenvalue weighted by atomic mass is 32.2. The number of nitrogens with zero attached hydrogens (tertiary/aromatic N) is 2. The molecular formula is C17H15N3O3S. The monoisotopic (exact) mass is 341 g/mol. The molecule has 0 aliphatic heterocycles. The number of pyridine rings is 1. The van der Waals surface area contributed by atoms with Crippen molar-refractivity contribution in [1.82, 2.24) is 4.98 Å². The minimum atomic E-state index is -1.05. The third-order valence-corrected chi connectivity index (χ3v) is 4.07. The van der Waals surface area contributed by atoms with Crippen LogP contribution in [0.4, 0.5) is 5.69 Å². The summed E-state index contributed by atoms with van der Waals surface area (Å²) in [5.41, 5.74) is 1.85. The number of nitriles is 1. The van der Waals surface area contributed by atoms with Crippen LogP contribution in [0.2, 0.25) is 0 Å². The van der Waals surface area contributed by atoms with Gasteiger partial charge in [0.2, 0.25) is 5.91 Å². The topological polar surface area (TPSA) is 103 Å². The Morgan fingerprint density at radius 3 is 2.83 bits per heavy atom. The van der Waals surface area contributed by atoms with E-state index in [2.05, 4.69) is 16.4 Å². The fraction of sp³-hybridized carbons (Fsp3) is 0.176. The fourth-order valence-electron chi connectivity index (χ4n) is 1.92. The highest BCUT2D eigenvalue weighted by molar-refractivity contribution is 7.99. The number of carboxylic acid groups (broad SMARTS) is 1. The van der Waals surface area contributed by atoms with Crippen molar-refractivity contribution in [2.45, 2.75) is 18.4 Å². The number of thioether (sulfide) groups is 1. The van der Waals surface area contributed by atoms with Gasteiger partial charge >= 0.3 is 5.97 Å². The number of carbonyl (C=O) groups excluding carboxylic acids is 1. The van der Waals surface area contributed by atoms with Crippen molar-refractivity contribution in [1.29, 1.82) is 5.26 Å². The van der Waals surface area contributed by atoms with Gasteiger partial charge in [-0.25, -0.2) is 9.78 Å². The van der Waals surface area contributed by atoms with Crippen molar-refractivity contribution in [3.63, 3.8) is 0 Å². The Morgan fingerprint density at radius 1 is 1.33 bits per heavy atom. The molecule has 0 unspecified atom stereocenters. The molecule has 0 radical (unpaired) electrons.